The van der Waals surface area contributed by atoms with Gasteiger partial charge in [-0.05, 0) is 34.7 Å². The summed E-state index contributed by atoms with van der Waals surface area (Å²) in [6.07, 6.45) is 0.881. The first-order valence-corrected chi connectivity index (χ1v) is 9.39. The number of halogens is 1. The highest BCUT2D eigenvalue weighted by atomic mass is 35.5. The maximum atomic E-state index is 12.5. The van der Waals surface area contributed by atoms with Gasteiger partial charge in [-0.1, -0.05) is 12.1 Å². The zero-order chi connectivity index (χ0) is 17.9. The average Bonchev–Trinajstić information content (AvgIpc) is 3.33. The van der Waals surface area contributed by atoms with E-state index in [9.17, 15) is 4.79 Å². The van der Waals surface area contributed by atoms with E-state index >= 15 is 0 Å². The van der Waals surface area contributed by atoms with Crippen LogP contribution < -0.4 is 15.4 Å². The Labute approximate surface area is 167 Å². The van der Waals surface area contributed by atoms with Gasteiger partial charge in [0.15, 0.2) is 5.69 Å². The molecule has 0 bridgehead atoms. The third-order valence-corrected chi connectivity index (χ3v) is 5.46. The number of fused-ring (bicyclic) bond motifs is 1. The van der Waals surface area contributed by atoms with Crippen molar-refractivity contribution >= 4 is 29.7 Å². The molecule has 3 aromatic rings. The Kier molecular flexibility index (Phi) is 6.15. The number of carbonyl (C=O) groups excluding carboxylic acids is 1. The van der Waals surface area contributed by atoms with Crippen LogP contribution in [0.15, 0.2) is 35.7 Å². The number of methoxy groups -OCH3 is 1. The number of amides is 1. The largest absolute Gasteiger partial charge is 0.497 e. The van der Waals surface area contributed by atoms with Gasteiger partial charge in [0, 0.05) is 35.6 Å². The second kappa shape index (κ2) is 8.56. The first kappa shape index (κ1) is 19.4. The maximum Gasteiger partial charge on any atom is 0.272 e. The SMILES string of the molecule is COc1ccc(-c2csc(CNC(=O)c3n[nH]c4c3CNCC4)c2)cc1.Cl. The minimum atomic E-state index is -0.134. The van der Waals surface area contributed by atoms with Gasteiger partial charge in [-0.2, -0.15) is 5.10 Å². The lowest BCUT2D eigenvalue weighted by atomic mass is 10.1. The monoisotopic (exact) mass is 404 g/mol. The number of carbonyl (C=O) groups is 1. The molecule has 0 fully saturated rings. The van der Waals surface area contributed by atoms with E-state index in [1.54, 1.807) is 18.4 Å². The highest BCUT2D eigenvalue weighted by Crippen LogP contribution is 2.27. The lowest BCUT2D eigenvalue weighted by Crippen LogP contribution is -2.28. The molecule has 0 saturated carbocycles. The van der Waals surface area contributed by atoms with E-state index in [4.69, 9.17) is 4.74 Å². The van der Waals surface area contributed by atoms with E-state index in [1.807, 2.05) is 24.3 Å². The second-order valence-corrected chi connectivity index (χ2v) is 7.16. The van der Waals surface area contributed by atoms with E-state index < -0.39 is 0 Å². The fourth-order valence-corrected chi connectivity index (χ4v) is 3.91. The molecule has 142 valence electrons. The molecule has 0 saturated heterocycles. The molecule has 1 aliphatic heterocycles. The third-order valence-electron chi connectivity index (χ3n) is 4.52. The Morgan fingerprint density at radius 3 is 2.89 bits per heavy atom. The summed E-state index contributed by atoms with van der Waals surface area (Å²) in [7, 11) is 1.66. The molecular weight excluding hydrogens is 384 g/mol. The maximum absolute atomic E-state index is 12.5. The summed E-state index contributed by atoms with van der Waals surface area (Å²) >= 11 is 1.64. The van der Waals surface area contributed by atoms with Crippen LogP contribution in [-0.2, 0) is 19.5 Å². The van der Waals surface area contributed by atoms with Crippen molar-refractivity contribution in [2.24, 2.45) is 0 Å². The van der Waals surface area contributed by atoms with E-state index in [0.29, 0.717) is 18.8 Å². The Balaban J connectivity index is 0.00000210. The first-order chi connectivity index (χ1) is 12.7. The van der Waals surface area contributed by atoms with Gasteiger partial charge in [-0.25, -0.2) is 0 Å². The van der Waals surface area contributed by atoms with Gasteiger partial charge in [-0.15, -0.1) is 23.7 Å². The van der Waals surface area contributed by atoms with Crippen molar-refractivity contribution in [1.82, 2.24) is 20.8 Å². The van der Waals surface area contributed by atoms with Crippen molar-refractivity contribution in [3.63, 3.8) is 0 Å². The van der Waals surface area contributed by atoms with Crippen LogP contribution >= 0.6 is 23.7 Å². The van der Waals surface area contributed by atoms with Crippen molar-refractivity contribution in [3.8, 4) is 16.9 Å². The summed E-state index contributed by atoms with van der Waals surface area (Å²) in [5.41, 5.74) is 4.82. The van der Waals surface area contributed by atoms with Crippen molar-refractivity contribution in [2.75, 3.05) is 13.7 Å². The molecule has 0 unspecified atom stereocenters. The molecule has 27 heavy (non-hydrogen) atoms. The summed E-state index contributed by atoms with van der Waals surface area (Å²) in [5, 5.41) is 15.5. The molecular formula is C19H21ClN4O2S. The highest BCUT2D eigenvalue weighted by Gasteiger charge is 2.21. The first-order valence-electron chi connectivity index (χ1n) is 8.51. The zero-order valence-corrected chi connectivity index (χ0v) is 16.5. The number of thiophene rings is 1. The van der Waals surface area contributed by atoms with Gasteiger partial charge >= 0.3 is 0 Å². The van der Waals surface area contributed by atoms with Gasteiger partial charge in [-0.3, -0.25) is 9.89 Å². The number of hydrogen-bond donors (Lipinski definition) is 3. The number of benzene rings is 1. The van der Waals surface area contributed by atoms with E-state index in [0.717, 1.165) is 46.0 Å². The van der Waals surface area contributed by atoms with Gasteiger partial charge in [0.25, 0.3) is 5.91 Å². The number of rotatable bonds is 5. The van der Waals surface area contributed by atoms with Gasteiger partial charge in [0.05, 0.1) is 13.7 Å². The molecule has 4 rings (SSSR count). The molecule has 2 aromatic heterocycles. The minimum Gasteiger partial charge on any atom is -0.497 e. The Hall–Kier alpha value is -2.35. The van der Waals surface area contributed by atoms with Crippen molar-refractivity contribution in [3.05, 3.63) is 57.5 Å². The number of nitrogens with zero attached hydrogens (tertiary/aromatic N) is 1. The number of aromatic nitrogens is 2. The fraction of sp³-hybridized carbons (Fsp3) is 0.263. The zero-order valence-electron chi connectivity index (χ0n) is 14.9. The Bertz CT molecular complexity index is 920. The minimum absolute atomic E-state index is 0. The molecule has 8 heteroatoms. The van der Waals surface area contributed by atoms with Gasteiger partial charge in [0.1, 0.15) is 5.75 Å². The van der Waals surface area contributed by atoms with Crippen molar-refractivity contribution in [1.29, 1.82) is 0 Å². The van der Waals surface area contributed by atoms with Crippen LogP contribution in [0, 0.1) is 0 Å². The molecule has 0 atom stereocenters. The van der Waals surface area contributed by atoms with E-state index in [-0.39, 0.29) is 18.3 Å². The predicted octanol–water partition coefficient (Wildman–Crippen LogP) is 3.14. The lowest BCUT2D eigenvalue weighted by molar-refractivity contribution is 0.0945. The summed E-state index contributed by atoms with van der Waals surface area (Å²) < 4.78 is 5.19. The smallest absolute Gasteiger partial charge is 0.272 e. The summed E-state index contributed by atoms with van der Waals surface area (Å²) in [6, 6.07) is 10.1. The molecule has 1 amide bonds. The highest BCUT2D eigenvalue weighted by molar-refractivity contribution is 7.10. The van der Waals surface area contributed by atoms with Crippen LogP contribution in [0.2, 0.25) is 0 Å². The van der Waals surface area contributed by atoms with Crippen LogP contribution in [0.1, 0.15) is 26.6 Å². The summed E-state index contributed by atoms with van der Waals surface area (Å²) in [5.74, 6) is 0.707. The fourth-order valence-electron chi connectivity index (χ4n) is 3.07. The lowest BCUT2D eigenvalue weighted by Gasteiger charge is -2.12. The molecule has 0 radical (unpaired) electrons. The predicted molar refractivity (Wildman–Crippen MR) is 109 cm³/mol. The van der Waals surface area contributed by atoms with E-state index in [1.165, 1.54) is 0 Å². The summed E-state index contributed by atoms with van der Waals surface area (Å²) in [4.78, 5) is 13.6. The van der Waals surface area contributed by atoms with Crippen LogP contribution in [0.4, 0.5) is 0 Å². The number of nitrogens with one attached hydrogen (secondary N) is 3. The number of hydrogen-bond acceptors (Lipinski definition) is 5. The van der Waals surface area contributed by atoms with Crippen LogP contribution in [0.5, 0.6) is 5.75 Å². The topological polar surface area (TPSA) is 79.0 Å². The molecule has 1 aliphatic rings. The standard InChI is InChI=1S/C19H20N4O2S.ClH/c1-25-14-4-2-12(3-5-14)13-8-15(26-11-13)9-21-19(24)18-16-10-20-7-6-17(16)22-23-18;/h2-5,8,11,20H,6-7,9-10H2,1H3,(H,21,24)(H,22,23);1H. The van der Waals surface area contributed by atoms with Crippen LogP contribution in [-0.4, -0.2) is 29.8 Å². The second-order valence-electron chi connectivity index (χ2n) is 6.17. The summed E-state index contributed by atoms with van der Waals surface area (Å²) in [6.45, 7) is 2.10. The molecule has 3 N–H and O–H groups in total. The molecule has 1 aromatic carbocycles. The van der Waals surface area contributed by atoms with Crippen molar-refractivity contribution in [2.45, 2.75) is 19.5 Å². The average molecular weight is 405 g/mol. The molecule has 0 aliphatic carbocycles. The van der Waals surface area contributed by atoms with Gasteiger partial charge in [0.2, 0.25) is 0 Å². The number of ether oxygens (including phenoxy) is 1. The normalized spacial score (nSPS) is 12.8. The van der Waals surface area contributed by atoms with Crippen molar-refractivity contribution < 1.29 is 9.53 Å². The molecule has 3 heterocycles. The third kappa shape index (κ3) is 4.16. The Morgan fingerprint density at radius 1 is 1.30 bits per heavy atom. The van der Waals surface area contributed by atoms with E-state index in [2.05, 4.69) is 32.3 Å². The number of aromatic amines is 1. The molecule has 6 nitrogen and oxygen atoms in total. The van der Waals surface area contributed by atoms with Gasteiger partial charge < -0.3 is 15.4 Å². The quantitative estimate of drug-likeness (QED) is 0.610. The van der Waals surface area contributed by atoms with Crippen LogP contribution in [0.25, 0.3) is 11.1 Å². The molecule has 0 spiro atoms. The van der Waals surface area contributed by atoms with Crippen LogP contribution in [0.3, 0.4) is 0 Å². The number of H-pyrrole nitrogens is 1. The Morgan fingerprint density at radius 2 is 2.11 bits per heavy atom.